The smallest absolute Gasteiger partial charge is 0.267 e. The van der Waals surface area contributed by atoms with Gasteiger partial charge in [0.05, 0.1) is 0 Å². The van der Waals surface area contributed by atoms with Crippen molar-refractivity contribution >= 4 is 16.8 Å². The Balaban J connectivity index is 1.85. The van der Waals surface area contributed by atoms with Gasteiger partial charge in [0, 0.05) is 17.4 Å². The van der Waals surface area contributed by atoms with Gasteiger partial charge < -0.3 is 10.3 Å². The van der Waals surface area contributed by atoms with Crippen LogP contribution in [0.15, 0.2) is 24.3 Å². The topological polar surface area (TPSA) is 44.9 Å². The molecule has 1 aromatic carbocycles. The summed E-state index contributed by atoms with van der Waals surface area (Å²) in [4.78, 5) is 15.0. The Hall–Kier alpha value is -1.84. The van der Waals surface area contributed by atoms with Crippen molar-refractivity contribution in [3.05, 3.63) is 35.8 Å². The Bertz CT molecular complexity index is 577. The van der Waals surface area contributed by atoms with Gasteiger partial charge in [0.2, 0.25) is 0 Å². The Morgan fingerprint density at radius 2 is 2.00 bits per heavy atom. The van der Waals surface area contributed by atoms with E-state index in [2.05, 4.69) is 17.2 Å². The standard InChI is InChI=1S/C16H21FN2O/c1-2-3-4-5-6-9-18-16(20)15-11-12-10-13(17)7-8-14(12)19-15/h7-8,10-11,19H,2-6,9H2,1H3,(H,18,20). The number of nitrogens with one attached hydrogen (secondary N) is 2. The van der Waals surface area contributed by atoms with E-state index < -0.39 is 0 Å². The van der Waals surface area contributed by atoms with Gasteiger partial charge in [-0.3, -0.25) is 4.79 Å². The Kier molecular flexibility index (Phi) is 5.16. The molecule has 0 radical (unpaired) electrons. The molecule has 2 aromatic rings. The lowest BCUT2D eigenvalue weighted by Gasteiger charge is -2.03. The first kappa shape index (κ1) is 14.6. The molecule has 0 aliphatic rings. The first-order valence-electron chi connectivity index (χ1n) is 7.27. The van der Waals surface area contributed by atoms with E-state index >= 15 is 0 Å². The molecule has 1 amide bonds. The summed E-state index contributed by atoms with van der Waals surface area (Å²) in [6, 6.07) is 6.14. The van der Waals surface area contributed by atoms with Crippen LogP contribution in [0.25, 0.3) is 10.9 Å². The molecule has 0 atom stereocenters. The minimum absolute atomic E-state index is 0.128. The minimum atomic E-state index is -0.292. The van der Waals surface area contributed by atoms with Crippen molar-refractivity contribution in [2.45, 2.75) is 39.0 Å². The molecular weight excluding hydrogens is 255 g/mol. The summed E-state index contributed by atoms with van der Waals surface area (Å²) in [7, 11) is 0. The molecule has 0 unspecified atom stereocenters. The van der Waals surface area contributed by atoms with Crippen LogP contribution >= 0.6 is 0 Å². The van der Waals surface area contributed by atoms with Crippen molar-refractivity contribution in [2.75, 3.05) is 6.54 Å². The number of aromatic nitrogens is 1. The molecule has 2 N–H and O–H groups in total. The van der Waals surface area contributed by atoms with Crippen molar-refractivity contribution < 1.29 is 9.18 Å². The first-order valence-corrected chi connectivity index (χ1v) is 7.27. The van der Waals surface area contributed by atoms with E-state index in [9.17, 15) is 9.18 Å². The average Bonchev–Trinajstić information content (AvgIpc) is 2.85. The van der Waals surface area contributed by atoms with E-state index in [1.54, 1.807) is 12.1 Å². The quantitative estimate of drug-likeness (QED) is 0.737. The molecule has 1 heterocycles. The number of benzene rings is 1. The van der Waals surface area contributed by atoms with Gasteiger partial charge in [0.25, 0.3) is 5.91 Å². The molecule has 1 aromatic heterocycles. The normalized spacial score (nSPS) is 10.9. The summed E-state index contributed by atoms with van der Waals surface area (Å²) in [6.45, 7) is 2.87. The number of rotatable bonds is 7. The van der Waals surface area contributed by atoms with Crippen molar-refractivity contribution in [3.8, 4) is 0 Å². The number of hydrogen-bond donors (Lipinski definition) is 2. The fourth-order valence-electron chi connectivity index (χ4n) is 2.25. The number of H-pyrrole nitrogens is 1. The molecule has 108 valence electrons. The number of carbonyl (C=O) groups excluding carboxylic acids is 1. The second-order valence-corrected chi connectivity index (χ2v) is 5.08. The zero-order valence-electron chi connectivity index (χ0n) is 11.8. The number of amides is 1. The van der Waals surface area contributed by atoms with E-state index in [1.807, 2.05) is 0 Å². The molecule has 0 fully saturated rings. The number of halogens is 1. The average molecular weight is 276 g/mol. The number of hydrogen-bond acceptors (Lipinski definition) is 1. The highest BCUT2D eigenvalue weighted by molar-refractivity contribution is 5.97. The lowest BCUT2D eigenvalue weighted by atomic mass is 10.1. The van der Waals surface area contributed by atoms with Gasteiger partial charge >= 0.3 is 0 Å². The molecule has 0 saturated carbocycles. The van der Waals surface area contributed by atoms with Gasteiger partial charge in [-0.05, 0) is 30.7 Å². The van der Waals surface area contributed by atoms with Gasteiger partial charge in [-0.2, -0.15) is 0 Å². The van der Waals surface area contributed by atoms with Gasteiger partial charge in [-0.15, -0.1) is 0 Å². The van der Waals surface area contributed by atoms with Gasteiger partial charge in [-0.25, -0.2) is 4.39 Å². The molecule has 4 heteroatoms. The second-order valence-electron chi connectivity index (χ2n) is 5.08. The van der Waals surface area contributed by atoms with Crippen LogP contribution in [-0.4, -0.2) is 17.4 Å². The molecule has 0 aliphatic carbocycles. The van der Waals surface area contributed by atoms with Crippen molar-refractivity contribution in [1.82, 2.24) is 10.3 Å². The minimum Gasteiger partial charge on any atom is -0.351 e. The Morgan fingerprint density at radius 1 is 1.20 bits per heavy atom. The maximum absolute atomic E-state index is 13.1. The number of carbonyl (C=O) groups is 1. The summed E-state index contributed by atoms with van der Waals surface area (Å²) in [5.74, 6) is -0.420. The molecule has 0 saturated heterocycles. The van der Waals surface area contributed by atoms with E-state index in [0.29, 0.717) is 12.2 Å². The number of fused-ring (bicyclic) bond motifs is 1. The fourth-order valence-corrected chi connectivity index (χ4v) is 2.25. The van der Waals surface area contributed by atoms with Gasteiger partial charge in [-0.1, -0.05) is 32.6 Å². The van der Waals surface area contributed by atoms with Crippen LogP contribution in [0, 0.1) is 5.82 Å². The third-order valence-corrected chi connectivity index (χ3v) is 3.39. The SMILES string of the molecule is CCCCCCCNC(=O)c1cc2cc(F)ccc2[nH]1. The van der Waals surface area contributed by atoms with Crippen LogP contribution in [0.3, 0.4) is 0 Å². The molecular formula is C16H21FN2O. The van der Waals surface area contributed by atoms with E-state index in [1.165, 1.54) is 31.4 Å². The van der Waals surface area contributed by atoms with Crippen molar-refractivity contribution in [3.63, 3.8) is 0 Å². The zero-order chi connectivity index (χ0) is 14.4. The summed E-state index contributed by atoms with van der Waals surface area (Å²) >= 11 is 0. The Labute approximate surface area is 118 Å². The zero-order valence-corrected chi connectivity index (χ0v) is 11.8. The lowest BCUT2D eigenvalue weighted by molar-refractivity contribution is 0.0949. The molecule has 2 rings (SSSR count). The monoisotopic (exact) mass is 276 g/mol. The molecule has 3 nitrogen and oxygen atoms in total. The highest BCUT2D eigenvalue weighted by Crippen LogP contribution is 2.16. The van der Waals surface area contributed by atoms with Gasteiger partial charge in [0.1, 0.15) is 11.5 Å². The maximum atomic E-state index is 13.1. The predicted molar refractivity (Wildman–Crippen MR) is 79.3 cm³/mol. The lowest BCUT2D eigenvalue weighted by Crippen LogP contribution is -2.24. The maximum Gasteiger partial charge on any atom is 0.267 e. The van der Waals surface area contributed by atoms with Crippen LogP contribution in [-0.2, 0) is 0 Å². The highest BCUT2D eigenvalue weighted by Gasteiger charge is 2.09. The van der Waals surface area contributed by atoms with Crippen molar-refractivity contribution in [2.24, 2.45) is 0 Å². The molecule has 0 aliphatic heterocycles. The third kappa shape index (κ3) is 3.83. The number of unbranched alkanes of at least 4 members (excludes halogenated alkanes) is 4. The summed E-state index contributed by atoms with van der Waals surface area (Å²) in [6.07, 6.45) is 5.84. The van der Waals surface area contributed by atoms with E-state index in [4.69, 9.17) is 0 Å². The predicted octanol–water partition coefficient (Wildman–Crippen LogP) is 4.01. The first-order chi connectivity index (χ1) is 9.70. The van der Waals surface area contributed by atoms with Crippen molar-refractivity contribution in [1.29, 1.82) is 0 Å². The fraction of sp³-hybridized carbons (Fsp3) is 0.438. The molecule has 0 bridgehead atoms. The van der Waals surface area contributed by atoms with E-state index in [0.717, 1.165) is 23.7 Å². The largest absolute Gasteiger partial charge is 0.351 e. The molecule has 0 spiro atoms. The highest BCUT2D eigenvalue weighted by atomic mass is 19.1. The third-order valence-electron chi connectivity index (χ3n) is 3.39. The van der Waals surface area contributed by atoms with Gasteiger partial charge in [0.15, 0.2) is 0 Å². The van der Waals surface area contributed by atoms with Crippen LogP contribution < -0.4 is 5.32 Å². The van der Waals surface area contributed by atoms with Crippen LogP contribution in [0.5, 0.6) is 0 Å². The van der Waals surface area contributed by atoms with E-state index in [-0.39, 0.29) is 11.7 Å². The summed E-state index contributed by atoms with van der Waals surface area (Å²) < 4.78 is 13.1. The van der Waals surface area contributed by atoms with Crippen LogP contribution in [0.1, 0.15) is 49.5 Å². The summed E-state index contributed by atoms with van der Waals surface area (Å²) in [5, 5.41) is 3.61. The second kappa shape index (κ2) is 7.08. The van der Waals surface area contributed by atoms with Crippen LogP contribution in [0.4, 0.5) is 4.39 Å². The molecule has 20 heavy (non-hydrogen) atoms. The Morgan fingerprint density at radius 3 is 2.80 bits per heavy atom. The summed E-state index contributed by atoms with van der Waals surface area (Å²) in [5.41, 5.74) is 1.26. The van der Waals surface area contributed by atoms with Crippen LogP contribution in [0.2, 0.25) is 0 Å². The number of aromatic amines is 1.